The first kappa shape index (κ1) is 14.4. The van der Waals surface area contributed by atoms with Crippen molar-refractivity contribution in [3.05, 3.63) is 59.1 Å². The van der Waals surface area contributed by atoms with Gasteiger partial charge in [0.2, 0.25) is 12.4 Å². The zero-order valence-electron chi connectivity index (χ0n) is 11.5. The first-order valence-corrected chi connectivity index (χ1v) is 6.26. The van der Waals surface area contributed by atoms with Gasteiger partial charge in [-0.2, -0.15) is 5.26 Å². The van der Waals surface area contributed by atoms with Gasteiger partial charge in [0, 0.05) is 17.8 Å². The van der Waals surface area contributed by atoms with Gasteiger partial charge < -0.3 is 14.3 Å². The third-order valence-corrected chi connectivity index (χ3v) is 2.78. The van der Waals surface area contributed by atoms with Crippen molar-refractivity contribution in [2.24, 2.45) is 0 Å². The van der Waals surface area contributed by atoms with Gasteiger partial charge in [-0.1, -0.05) is 6.07 Å². The number of pyridine rings is 1. The molecule has 0 aliphatic carbocycles. The third kappa shape index (κ3) is 3.71. The van der Waals surface area contributed by atoms with Gasteiger partial charge in [-0.05, 0) is 23.8 Å². The van der Waals surface area contributed by atoms with Gasteiger partial charge in [0.05, 0.1) is 19.6 Å². The average Bonchev–Trinajstić information content (AvgIpc) is 2.51. The van der Waals surface area contributed by atoms with Gasteiger partial charge in [-0.15, -0.1) is 0 Å². The Balaban J connectivity index is 2.19. The molecule has 0 N–H and O–H groups in total. The molecule has 0 radical (unpaired) electrons. The summed E-state index contributed by atoms with van der Waals surface area (Å²) in [4.78, 5) is 7.49. The predicted molar refractivity (Wildman–Crippen MR) is 76.9 cm³/mol. The lowest BCUT2D eigenvalue weighted by molar-refractivity contribution is 0.373. The first-order chi connectivity index (χ1) is 10.3. The Kier molecular flexibility index (Phi) is 4.74. The molecule has 0 fully saturated rings. The average molecular weight is 279 g/mol. The van der Waals surface area contributed by atoms with Crippen LogP contribution in [-0.2, 0) is 13.0 Å². The quantitative estimate of drug-likeness (QED) is 0.787. The van der Waals surface area contributed by atoms with Gasteiger partial charge in [-0.3, -0.25) is 0 Å². The van der Waals surface area contributed by atoms with E-state index < -0.39 is 0 Å². The van der Waals surface area contributed by atoms with Gasteiger partial charge >= 0.3 is 0 Å². The summed E-state index contributed by atoms with van der Waals surface area (Å²) in [5.74, 6) is 1.51. The summed E-state index contributed by atoms with van der Waals surface area (Å²) in [5, 5.41) is 8.62. The fourth-order valence-corrected chi connectivity index (χ4v) is 1.77. The number of benzene rings is 1. The predicted octanol–water partition coefficient (Wildman–Crippen LogP) is 3.37. The van der Waals surface area contributed by atoms with Crippen molar-refractivity contribution in [3.8, 4) is 23.4 Å². The van der Waals surface area contributed by atoms with E-state index in [1.165, 1.54) is 0 Å². The highest BCUT2D eigenvalue weighted by atomic mass is 16.5. The molecule has 104 valence electrons. The normalized spacial score (nSPS) is 9.48. The monoisotopic (exact) mass is 279 g/mol. The molecule has 1 aromatic carbocycles. The highest BCUT2D eigenvalue weighted by Gasteiger charge is 2.09. The van der Waals surface area contributed by atoms with Crippen molar-refractivity contribution in [3.63, 3.8) is 0 Å². The van der Waals surface area contributed by atoms with Crippen LogP contribution in [0.1, 0.15) is 11.1 Å². The number of nitrogens with zero attached hydrogens (tertiary/aromatic N) is 3. The summed E-state index contributed by atoms with van der Waals surface area (Å²) < 4.78 is 10.9. The van der Waals surface area contributed by atoms with Crippen LogP contribution < -0.4 is 9.47 Å². The highest BCUT2D eigenvalue weighted by Crippen LogP contribution is 2.31. The van der Waals surface area contributed by atoms with Gasteiger partial charge in [0.15, 0.2) is 11.5 Å². The lowest BCUT2D eigenvalue weighted by Gasteiger charge is -2.10. The van der Waals surface area contributed by atoms with Crippen molar-refractivity contribution < 1.29 is 9.47 Å². The van der Waals surface area contributed by atoms with Gasteiger partial charge in [0.1, 0.15) is 0 Å². The Bertz CT molecular complexity index is 697. The molecule has 0 saturated carbocycles. The maximum Gasteiger partial charge on any atom is 0.239 e. The van der Waals surface area contributed by atoms with Crippen LogP contribution in [0.2, 0.25) is 0 Å². The molecule has 21 heavy (non-hydrogen) atoms. The molecule has 5 heteroatoms. The molecule has 1 aromatic heterocycles. The van der Waals surface area contributed by atoms with Crippen LogP contribution in [0.15, 0.2) is 36.5 Å². The van der Waals surface area contributed by atoms with E-state index in [1.807, 2.05) is 6.07 Å². The van der Waals surface area contributed by atoms with E-state index in [1.54, 1.807) is 37.6 Å². The molecular formula is C16H13N3O2. The molecule has 0 unspecified atom stereocenters. The zero-order chi connectivity index (χ0) is 15.1. The van der Waals surface area contributed by atoms with Crippen LogP contribution in [0.4, 0.5) is 0 Å². The van der Waals surface area contributed by atoms with Crippen molar-refractivity contribution in [2.45, 2.75) is 13.0 Å². The van der Waals surface area contributed by atoms with Crippen LogP contribution >= 0.6 is 0 Å². The van der Waals surface area contributed by atoms with Gasteiger partial charge in [-0.25, -0.2) is 11.6 Å². The molecule has 5 nitrogen and oxygen atoms in total. The Hall–Kier alpha value is -3.05. The number of rotatable bonds is 5. The van der Waals surface area contributed by atoms with E-state index in [9.17, 15) is 0 Å². The Labute approximate surface area is 123 Å². The summed E-state index contributed by atoms with van der Waals surface area (Å²) in [5.41, 5.74) is 1.70. The molecule has 0 atom stereocenters. The minimum Gasteiger partial charge on any atom is -0.493 e. The second-order valence-electron chi connectivity index (χ2n) is 4.24. The van der Waals surface area contributed by atoms with Crippen molar-refractivity contribution >= 4 is 0 Å². The summed E-state index contributed by atoms with van der Waals surface area (Å²) in [6, 6.07) is 10.9. The minimum atomic E-state index is 0.303. The molecule has 2 aromatic rings. The number of hydrogen-bond donors (Lipinski definition) is 0. The van der Waals surface area contributed by atoms with Crippen LogP contribution in [0.3, 0.4) is 0 Å². The molecule has 2 rings (SSSR count). The van der Waals surface area contributed by atoms with Crippen molar-refractivity contribution in [1.82, 2.24) is 4.98 Å². The van der Waals surface area contributed by atoms with E-state index in [0.29, 0.717) is 30.3 Å². The van der Waals surface area contributed by atoms with E-state index in [0.717, 1.165) is 11.1 Å². The number of aromatic nitrogens is 1. The smallest absolute Gasteiger partial charge is 0.239 e. The van der Waals surface area contributed by atoms with E-state index >= 15 is 0 Å². The number of ether oxygens (including phenoxy) is 2. The SMILES string of the molecule is [C-]#[N+]Cc1ccc(Oc2ccc(CC#N)cn2)c(OC)c1. The fourth-order valence-electron chi connectivity index (χ4n) is 1.77. The summed E-state index contributed by atoms with van der Waals surface area (Å²) in [6.07, 6.45) is 1.93. The second kappa shape index (κ2) is 6.93. The zero-order valence-corrected chi connectivity index (χ0v) is 11.5. The molecule has 0 aliphatic rings. The molecule has 0 aliphatic heterocycles. The maximum absolute atomic E-state index is 8.62. The Morgan fingerprint density at radius 1 is 1.24 bits per heavy atom. The highest BCUT2D eigenvalue weighted by molar-refractivity contribution is 5.45. The van der Waals surface area contributed by atoms with Crippen molar-refractivity contribution in [1.29, 1.82) is 5.26 Å². The maximum atomic E-state index is 8.62. The van der Waals surface area contributed by atoms with Crippen LogP contribution in [0.5, 0.6) is 17.4 Å². The Morgan fingerprint density at radius 3 is 2.67 bits per heavy atom. The first-order valence-electron chi connectivity index (χ1n) is 6.26. The Morgan fingerprint density at radius 2 is 2.05 bits per heavy atom. The molecule has 0 saturated heterocycles. The minimum absolute atomic E-state index is 0.303. The standard InChI is InChI=1S/C16H13N3O2/c1-18-10-13-3-5-14(15(9-13)20-2)21-16-6-4-12(7-8-17)11-19-16/h3-6,9,11H,7,10H2,2H3. The number of methoxy groups -OCH3 is 1. The number of nitriles is 1. The molecule has 0 amide bonds. The largest absolute Gasteiger partial charge is 0.493 e. The molecule has 1 heterocycles. The van der Waals surface area contributed by atoms with E-state index in [-0.39, 0.29) is 0 Å². The third-order valence-electron chi connectivity index (χ3n) is 2.78. The van der Waals surface area contributed by atoms with Gasteiger partial charge in [0.25, 0.3) is 0 Å². The molecule has 0 spiro atoms. The fraction of sp³-hybridized carbons (Fsp3) is 0.188. The topological polar surface area (TPSA) is 59.5 Å². The number of hydrogen-bond acceptors (Lipinski definition) is 4. The van der Waals surface area contributed by atoms with Crippen LogP contribution in [0, 0.1) is 17.9 Å². The molecule has 0 bridgehead atoms. The molecular weight excluding hydrogens is 266 g/mol. The lowest BCUT2D eigenvalue weighted by atomic mass is 10.2. The summed E-state index contributed by atoms with van der Waals surface area (Å²) in [6.45, 7) is 7.18. The van der Waals surface area contributed by atoms with Crippen molar-refractivity contribution in [2.75, 3.05) is 7.11 Å². The van der Waals surface area contributed by atoms with Crippen LogP contribution in [0.25, 0.3) is 4.85 Å². The van der Waals surface area contributed by atoms with E-state index in [2.05, 4.69) is 15.9 Å². The lowest BCUT2D eigenvalue weighted by Crippen LogP contribution is -1.94. The summed E-state index contributed by atoms with van der Waals surface area (Å²) in [7, 11) is 1.55. The summed E-state index contributed by atoms with van der Waals surface area (Å²) >= 11 is 0. The second-order valence-corrected chi connectivity index (χ2v) is 4.24. The van der Waals surface area contributed by atoms with Crippen LogP contribution in [-0.4, -0.2) is 12.1 Å². The van der Waals surface area contributed by atoms with E-state index in [4.69, 9.17) is 21.3 Å².